The Morgan fingerprint density at radius 2 is 1.12 bits per heavy atom. The van der Waals surface area contributed by atoms with Gasteiger partial charge in [0.05, 0.1) is 11.8 Å². The van der Waals surface area contributed by atoms with E-state index in [1.54, 1.807) is 24.3 Å². The van der Waals surface area contributed by atoms with E-state index in [1.165, 1.54) is 0 Å². The zero-order chi connectivity index (χ0) is 34.9. The third-order valence-corrected chi connectivity index (χ3v) is 11.9. The zero-order valence-electron chi connectivity index (χ0n) is 27.1. The molecule has 0 saturated carbocycles. The van der Waals surface area contributed by atoms with E-state index in [-0.39, 0.29) is 6.42 Å². The number of alkyl halides is 2. The lowest BCUT2D eigenvalue weighted by Gasteiger charge is -2.54. The smallest absolute Gasteiger partial charge is 0.248 e. The zero-order valence-corrected chi connectivity index (χ0v) is 28.6. The van der Waals surface area contributed by atoms with E-state index >= 15 is 0 Å². The standard InChI is InChI=1S/C43H30Cl2N2O4/c44-42-32-14-6-7-15-33(32)43(45,35-17-9-8-16-34(35)42)38-37(42)40(49)47(41(38)50)36(24-26-10-2-1-3-11-26)39(48)46-29-19-22-30(23-20-29)51-31-21-18-27-12-4-5-13-28(27)25-31/h1-23,25,36-38H,24H2,(H,46,48)/t36-,37-,38+,42?,43?/m1/s1. The predicted molar refractivity (Wildman–Crippen MR) is 198 cm³/mol. The molecule has 250 valence electrons. The molecule has 1 aliphatic heterocycles. The largest absolute Gasteiger partial charge is 0.457 e. The summed E-state index contributed by atoms with van der Waals surface area (Å²) in [5.41, 5.74) is 4.12. The average molecular weight is 710 g/mol. The van der Waals surface area contributed by atoms with Crippen molar-refractivity contribution < 1.29 is 19.1 Å². The molecule has 0 unspecified atom stereocenters. The molecule has 6 aromatic rings. The number of nitrogens with zero attached hydrogens (tertiary/aromatic N) is 1. The Morgan fingerprint density at radius 3 is 1.69 bits per heavy atom. The minimum Gasteiger partial charge on any atom is -0.457 e. The van der Waals surface area contributed by atoms with E-state index in [0.717, 1.165) is 21.2 Å². The monoisotopic (exact) mass is 708 g/mol. The van der Waals surface area contributed by atoms with Gasteiger partial charge < -0.3 is 10.1 Å². The second-order valence-electron chi connectivity index (χ2n) is 13.3. The molecule has 2 bridgehead atoms. The van der Waals surface area contributed by atoms with Crippen LogP contribution >= 0.6 is 23.2 Å². The molecule has 6 aromatic carbocycles. The number of hydrogen-bond donors (Lipinski definition) is 1. The van der Waals surface area contributed by atoms with Crippen LogP contribution in [0.5, 0.6) is 11.5 Å². The molecule has 10 rings (SSSR count). The lowest BCUT2D eigenvalue weighted by Crippen LogP contribution is -2.57. The molecule has 0 radical (unpaired) electrons. The number of nitrogens with one attached hydrogen (secondary N) is 1. The van der Waals surface area contributed by atoms with E-state index < -0.39 is 45.3 Å². The first-order chi connectivity index (χ1) is 24.8. The van der Waals surface area contributed by atoms with Crippen LogP contribution in [0.3, 0.4) is 0 Å². The summed E-state index contributed by atoms with van der Waals surface area (Å²) in [5, 5.41) is 5.14. The second kappa shape index (κ2) is 11.8. The fourth-order valence-corrected chi connectivity index (χ4v) is 9.43. The first-order valence-corrected chi connectivity index (χ1v) is 17.6. The molecule has 0 aromatic heterocycles. The predicted octanol–water partition coefficient (Wildman–Crippen LogP) is 8.78. The Labute approximate surface area is 304 Å². The van der Waals surface area contributed by atoms with Crippen molar-refractivity contribution in [3.8, 4) is 11.5 Å². The van der Waals surface area contributed by atoms with Crippen molar-refractivity contribution in [2.45, 2.75) is 22.2 Å². The van der Waals surface area contributed by atoms with Gasteiger partial charge in [-0.3, -0.25) is 19.3 Å². The summed E-state index contributed by atoms with van der Waals surface area (Å²) in [7, 11) is 0. The molecular formula is C43H30Cl2N2O4. The van der Waals surface area contributed by atoms with Gasteiger partial charge in [-0.25, -0.2) is 0 Å². The number of rotatable bonds is 7. The Hall–Kier alpha value is -5.43. The van der Waals surface area contributed by atoms with Crippen LogP contribution in [0.15, 0.2) is 146 Å². The highest BCUT2D eigenvalue weighted by Gasteiger charge is 2.73. The second-order valence-corrected chi connectivity index (χ2v) is 14.5. The fraction of sp³-hybridized carbons (Fsp3) is 0.140. The van der Waals surface area contributed by atoms with Crippen LogP contribution < -0.4 is 10.1 Å². The number of anilines is 1. The number of carbonyl (C=O) groups is 3. The number of likely N-dealkylation sites (tertiary alicyclic amines) is 1. The van der Waals surface area contributed by atoms with Crippen molar-refractivity contribution >= 4 is 57.4 Å². The third-order valence-electron chi connectivity index (χ3n) is 10.6. The van der Waals surface area contributed by atoms with Crippen molar-refractivity contribution in [3.05, 3.63) is 173 Å². The average Bonchev–Trinajstić information content (AvgIpc) is 3.44. The Morgan fingerprint density at radius 1 is 0.627 bits per heavy atom. The maximum atomic E-state index is 14.8. The molecule has 51 heavy (non-hydrogen) atoms. The lowest BCUT2D eigenvalue weighted by atomic mass is 9.54. The van der Waals surface area contributed by atoms with Gasteiger partial charge in [-0.15, -0.1) is 23.2 Å². The highest BCUT2D eigenvalue weighted by Crippen LogP contribution is 2.69. The van der Waals surface area contributed by atoms with Crippen LogP contribution in [0.1, 0.15) is 27.8 Å². The van der Waals surface area contributed by atoms with Gasteiger partial charge >= 0.3 is 0 Å². The highest BCUT2D eigenvalue weighted by molar-refractivity contribution is 6.36. The van der Waals surface area contributed by atoms with Gasteiger partial charge in [0.15, 0.2) is 0 Å². The summed E-state index contributed by atoms with van der Waals surface area (Å²) in [6.45, 7) is 0. The highest BCUT2D eigenvalue weighted by atomic mass is 35.5. The van der Waals surface area contributed by atoms with Crippen LogP contribution in [0.2, 0.25) is 0 Å². The SMILES string of the molecule is O=C(Nc1ccc(Oc2ccc3ccccc3c2)cc1)[C@@H](Cc1ccccc1)N1C(=O)[C@@H]2[C@H](C1=O)C1(Cl)c3ccccc3C2(Cl)c2ccccc21. The topological polar surface area (TPSA) is 75.7 Å². The van der Waals surface area contributed by atoms with Crippen molar-refractivity contribution in [1.29, 1.82) is 0 Å². The van der Waals surface area contributed by atoms with Crippen LogP contribution in [0.25, 0.3) is 10.8 Å². The van der Waals surface area contributed by atoms with Gasteiger partial charge in [0.1, 0.15) is 27.3 Å². The first-order valence-electron chi connectivity index (χ1n) is 16.8. The third kappa shape index (κ3) is 4.74. The maximum Gasteiger partial charge on any atom is 0.248 e. The Bertz CT molecular complexity index is 2260. The van der Waals surface area contributed by atoms with E-state index in [2.05, 4.69) is 5.32 Å². The maximum absolute atomic E-state index is 14.8. The van der Waals surface area contributed by atoms with Crippen LogP contribution in [0, 0.1) is 11.8 Å². The number of carbonyl (C=O) groups excluding carboxylic acids is 3. The first kappa shape index (κ1) is 31.5. The summed E-state index contributed by atoms with van der Waals surface area (Å²) in [6.07, 6.45) is 0.108. The summed E-state index contributed by atoms with van der Waals surface area (Å²) in [5.74, 6) is -2.26. The number of hydrogen-bond acceptors (Lipinski definition) is 4. The molecule has 0 spiro atoms. The lowest BCUT2D eigenvalue weighted by molar-refractivity contribution is -0.146. The number of benzene rings is 6. The van der Waals surface area contributed by atoms with Crippen molar-refractivity contribution in [3.63, 3.8) is 0 Å². The van der Waals surface area contributed by atoms with Gasteiger partial charge in [0.2, 0.25) is 17.7 Å². The van der Waals surface area contributed by atoms with Gasteiger partial charge in [-0.1, -0.05) is 109 Å². The molecule has 1 N–H and O–H groups in total. The van der Waals surface area contributed by atoms with Gasteiger partial charge in [-0.05, 0) is 75.0 Å². The number of imide groups is 1. The minimum atomic E-state index is -1.34. The molecule has 3 amide bonds. The molecule has 1 saturated heterocycles. The molecule has 3 aliphatic carbocycles. The van der Waals surface area contributed by atoms with Crippen molar-refractivity contribution in [2.75, 3.05) is 5.32 Å². The van der Waals surface area contributed by atoms with Gasteiger partial charge in [0.25, 0.3) is 0 Å². The fourth-order valence-electron chi connectivity index (χ4n) is 8.33. The van der Waals surface area contributed by atoms with Crippen molar-refractivity contribution in [2.24, 2.45) is 11.8 Å². The van der Waals surface area contributed by atoms with Crippen LogP contribution in [-0.4, -0.2) is 28.7 Å². The number of ether oxygens (including phenoxy) is 1. The van der Waals surface area contributed by atoms with E-state index in [1.807, 2.05) is 121 Å². The molecular weight excluding hydrogens is 679 g/mol. The summed E-state index contributed by atoms with van der Waals surface area (Å²) >= 11 is 15.3. The van der Waals surface area contributed by atoms with Crippen LogP contribution in [0.4, 0.5) is 5.69 Å². The number of amides is 3. The normalized spacial score (nSPS) is 23.4. The van der Waals surface area contributed by atoms with Gasteiger partial charge in [-0.2, -0.15) is 0 Å². The summed E-state index contributed by atoms with van der Waals surface area (Å²) in [6, 6.07) is 44.1. The molecule has 3 atom stereocenters. The molecule has 6 nitrogen and oxygen atoms in total. The molecule has 1 fully saturated rings. The van der Waals surface area contributed by atoms with Crippen LogP contribution in [-0.2, 0) is 30.6 Å². The molecule has 8 heteroatoms. The Kier molecular flexibility index (Phi) is 7.32. The molecule has 4 aliphatic rings. The molecule has 1 heterocycles. The van der Waals surface area contributed by atoms with Crippen molar-refractivity contribution in [1.82, 2.24) is 4.90 Å². The van der Waals surface area contributed by atoms with Gasteiger partial charge in [0, 0.05) is 12.1 Å². The summed E-state index contributed by atoms with van der Waals surface area (Å²) < 4.78 is 6.10. The summed E-state index contributed by atoms with van der Waals surface area (Å²) in [4.78, 5) is 42.3. The van der Waals surface area contributed by atoms with E-state index in [9.17, 15) is 14.4 Å². The number of halogens is 2. The van der Waals surface area contributed by atoms with E-state index in [0.29, 0.717) is 39.4 Å². The van der Waals surface area contributed by atoms with E-state index in [4.69, 9.17) is 27.9 Å². The minimum absolute atomic E-state index is 0.108. The number of fused-ring (bicyclic) bond motifs is 1. The Balaban J connectivity index is 1.05. The quantitative estimate of drug-likeness (QED) is 0.133.